The molecule has 1 saturated heterocycles. The summed E-state index contributed by atoms with van der Waals surface area (Å²) in [4.78, 5) is 26.1. The Balaban J connectivity index is 1.52. The number of rotatable bonds is 12. The van der Waals surface area contributed by atoms with Crippen molar-refractivity contribution in [3.63, 3.8) is 0 Å². The number of benzene rings is 2. The number of nitrogens with zero attached hydrogens (tertiary/aromatic N) is 4. The molecule has 1 aliphatic heterocycles. The van der Waals surface area contributed by atoms with Crippen LogP contribution in [0.1, 0.15) is 49.9 Å². The first kappa shape index (κ1) is 31.5. The number of imidazole rings is 1. The number of anilines is 1. The number of carbonyl (C=O) groups is 1. The number of carbonyl (C=O) groups excluding carboxylic acids is 1. The van der Waals surface area contributed by atoms with Crippen molar-refractivity contribution in [1.82, 2.24) is 29.6 Å². The van der Waals surface area contributed by atoms with Gasteiger partial charge in [-0.1, -0.05) is 60.7 Å². The first-order valence-electron chi connectivity index (χ1n) is 14.5. The van der Waals surface area contributed by atoms with Gasteiger partial charge in [0.1, 0.15) is 18.0 Å². The first-order valence-corrected chi connectivity index (χ1v) is 16.0. The smallest absolute Gasteiger partial charge is 0.252 e. The molecule has 3 heterocycles. The van der Waals surface area contributed by atoms with Gasteiger partial charge in [0.15, 0.2) is 29.3 Å². The van der Waals surface area contributed by atoms with Gasteiger partial charge in [-0.3, -0.25) is 9.36 Å². The highest BCUT2D eigenvalue weighted by Crippen LogP contribution is 2.33. The zero-order valence-electron chi connectivity index (χ0n) is 24.7. The molecule has 0 radical (unpaired) electrons. The van der Waals surface area contributed by atoms with Gasteiger partial charge in [-0.15, -0.1) is 0 Å². The van der Waals surface area contributed by atoms with Gasteiger partial charge < -0.3 is 25.6 Å². The third kappa shape index (κ3) is 6.59. The van der Waals surface area contributed by atoms with Crippen molar-refractivity contribution in [2.24, 2.45) is 0 Å². The Morgan fingerprint density at radius 2 is 1.64 bits per heavy atom. The van der Waals surface area contributed by atoms with Crippen molar-refractivity contribution in [2.45, 2.75) is 63.0 Å². The van der Waals surface area contributed by atoms with E-state index in [9.17, 15) is 23.4 Å². The second-order valence-electron chi connectivity index (χ2n) is 10.8. The minimum Gasteiger partial charge on any atom is -0.387 e. The van der Waals surface area contributed by atoms with Gasteiger partial charge in [0, 0.05) is 19.0 Å². The molecule has 5 rings (SSSR count). The van der Waals surface area contributed by atoms with E-state index in [-0.39, 0.29) is 23.9 Å². The fourth-order valence-electron chi connectivity index (χ4n) is 5.06. The van der Waals surface area contributed by atoms with E-state index in [4.69, 9.17) is 4.74 Å². The maximum atomic E-state index is 12.5. The van der Waals surface area contributed by atoms with Gasteiger partial charge >= 0.3 is 0 Å². The molecule has 0 bridgehead atoms. The average molecular weight is 624 g/mol. The Labute approximate surface area is 255 Å². The lowest BCUT2D eigenvalue weighted by molar-refractivity contribution is -0.137. The largest absolute Gasteiger partial charge is 0.387 e. The van der Waals surface area contributed by atoms with Gasteiger partial charge in [-0.25, -0.2) is 28.1 Å². The second-order valence-corrected chi connectivity index (χ2v) is 13.1. The van der Waals surface area contributed by atoms with Crippen molar-refractivity contribution in [2.75, 3.05) is 18.4 Å². The summed E-state index contributed by atoms with van der Waals surface area (Å²) < 4.78 is 34.8. The zero-order chi connectivity index (χ0) is 31.4. The zero-order valence-corrected chi connectivity index (χ0v) is 25.5. The average Bonchev–Trinajstić information content (AvgIpc) is 3.57. The predicted molar refractivity (Wildman–Crippen MR) is 164 cm³/mol. The van der Waals surface area contributed by atoms with E-state index >= 15 is 0 Å². The Bertz CT molecular complexity index is 1640. The highest BCUT2D eigenvalue weighted by Gasteiger charge is 2.47. The quantitative estimate of drug-likeness (QED) is 0.156. The summed E-state index contributed by atoms with van der Waals surface area (Å²) in [5.41, 5.74) is 2.73. The lowest BCUT2D eigenvalue weighted by atomic mass is 9.91. The Morgan fingerprint density at radius 3 is 2.23 bits per heavy atom. The highest BCUT2D eigenvalue weighted by molar-refractivity contribution is 7.90. The van der Waals surface area contributed by atoms with Crippen LogP contribution in [0.4, 0.5) is 5.82 Å². The van der Waals surface area contributed by atoms with Crippen LogP contribution in [0.3, 0.4) is 0 Å². The number of likely N-dealkylation sites (N-methyl/N-ethyl adjacent to an activating group) is 1. The van der Waals surface area contributed by atoms with E-state index in [2.05, 4.69) is 30.3 Å². The predicted octanol–water partition coefficient (Wildman–Crippen LogP) is 1.65. The molecule has 44 heavy (non-hydrogen) atoms. The van der Waals surface area contributed by atoms with Crippen LogP contribution in [-0.2, 0) is 26.1 Å². The molecule has 13 nitrogen and oxygen atoms in total. The van der Waals surface area contributed by atoms with E-state index < -0.39 is 45.7 Å². The van der Waals surface area contributed by atoms with E-state index in [1.165, 1.54) is 10.9 Å². The molecule has 1 amide bonds. The minimum absolute atomic E-state index is 0.0552. The Hall–Kier alpha value is -3.95. The molecule has 0 aliphatic carbocycles. The molecule has 1 fully saturated rings. The normalized spacial score (nSPS) is 20.4. The molecule has 2 aromatic carbocycles. The third-order valence-electron chi connectivity index (χ3n) is 7.52. The molecular weight excluding hydrogens is 586 g/mol. The lowest BCUT2D eigenvalue weighted by Crippen LogP contribution is -2.42. The van der Waals surface area contributed by atoms with Crippen LogP contribution < -0.4 is 15.4 Å². The topological polar surface area (TPSA) is 181 Å². The standard InChI is InChI=1S/C30H37N7O6S/c1-4-31-29(40)26-24(38)25(39)30(43-26)37-17-33-23-27(35-22(36-28(23)37)16-34-44(41,42)18(2)3)32-15-21(19-11-7-5-8-12-19)20-13-9-6-10-14-20/h5-14,17-18,21,24-26,30,34,38-39H,4,15-16H2,1-3H3,(H,31,40)(H,32,35,36). The number of aliphatic hydroxyl groups is 2. The number of hydrogen-bond acceptors (Lipinski definition) is 10. The van der Waals surface area contributed by atoms with E-state index in [0.717, 1.165) is 11.1 Å². The molecule has 1 aliphatic rings. The number of aromatic nitrogens is 4. The molecule has 5 N–H and O–H groups in total. The number of amides is 1. The van der Waals surface area contributed by atoms with E-state index in [1.807, 2.05) is 60.7 Å². The second kappa shape index (κ2) is 13.4. The van der Waals surface area contributed by atoms with Crippen LogP contribution in [0, 0.1) is 0 Å². The lowest BCUT2D eigenvalue weighted by Gasteiger charge is -2.20. The van der Waals surface area contributed by atoms with Crippen molar-refractivity contribution in [3.8, 4) is 0 Å². The highest BCUT2D eigenvalue weighted by atomic mass is 32.2. The van der Waals surface area contributed by atoms with Crippen molar-refractivity contribution in [1.29, 1.82) is 0 Å². The molecule has 4 atom stereocenters. The Morgan fingerprint density at radius 1 is 1.00 bits per heavy atom. The van der Waals surface area contributed by atoms with E-state index in [0.29, 0.717) is 24.4 Å². The summed E-state index contributed by atoms with van der Waals surface area (Å²) >= 11 is 0. The van der Waals surface area contributed by atoms with Crippen molar-refractivity contribution >= 4 is 32.9 Å². The molecule has 14 heteroatoms. The summed E-state index contributed by atoms with van der Waals surface area (Å²) in [6, 6.07) is 20.0. The number of sulfonamides is 1. The summed E-state index contributed by atoms with van der Waals surface area (Å²) in [7, 11) is -3.63. The summed E-state index contributed by atoms with van der Waals surface area (Å²) in [6.07, 6.45) is -4.05. The van der Waals surface area contributed by atoms with Crippen LogP contribution >= 0.6 is 0 Å². The third-order valence-corrected chi connectivity index (χ3v) is 9.31. The van der Waals surface area contributed by atoms with Gasteiger partial charge in [0.2, 0.25) is 10.0 Å². The fraction of sp³-hybridized carbons (Fsp3) is 0.400. The SMILES string of the molecule is CCNC(=O)C1OC(n2cnc3c(NCC(c4ccccc4)c4ccccc4)nc(CNS(=O)(=O)C(C)C)nc32)C(O)C1O. The van der Waals surface area contributed by atoms with E-state index in [1.54, 1.807) is 20.8 Å². The van der Waals surface area contributed by atoms with Crippen LogP contribution in [0.15, 0.2) is 67.0 Å². The fourth-order valence-corrected chi connectivity index (χ4v) is 5.72. The monoisotopic (exact) mass is 623 g/mol. The number of aliphatic hydroxyl groups excluding tert-OH is 2. The van der Waals surface area contributed by atoms with Crippen LogP contribution in [0.25, 0.3) is 11.2 Å². The van der Waals surface area contributed by atoms with Crippen molar-refractivity contribution < 1.29 is 28.2 Å². The van der Waals surface area contributed by atoms with Crippen LogP contribution in [0.5, 0.6) is 0 Å². The summed E-state index contributed by atoms with van der Waals surface area (Å²) in [6.45, 7) is 5.41. The Kier molecular flexibility index (Phi) is 9.56. The molecule has 2 aromatic heterocycles. The number of nitrogens with one attached hydrogen (secondary N) is 3. The number of ether oxygens (including phenoxy) is 1. The van der Waals surface area contributed by atoms with Crippen LogP contribution in [0.2, 0.25) is 0 Å². The van der Waals surface area contributed by atoms with Crippen LogP contribution in [-0.4, -0.2) is 80.7 Å². The van der Waals surface area contributed by atoms with Gasteiger partial charge in [-0.05, 0) is 31.9 Å². The molecular formula is C30H37N7O6S. The first-order chi connectivity index (χ1) is 21.1. The number of fused-ring (bicyclic) bond motifs is 1. The maximum Gasteiger partial charge on any atom is 0.252 e. The minimum atomic E-state index is -3.63. The molecule has 4 unspecified atom stereocenters. The summed E-state index contributed by atoms with van der Waals surface area (Å²) in [5, 5.41) is 26.8. The molecule has 0 saturated carbocycles. The molecule has 234 valence electrons. The van der Waals surface area contributed by atoms with Gasteiger partial charge in [0.25, 0.3) is 5.91 Å². The molecule has 0 spiro atoms. The molecule has 4 aromatic rings. The number of hydrogen-bond donors (Lipinski definition) is 5. The van der Waals surface area contributed by atoms with Gasteiger partial charge in [-0.2, -0.15) is 0 Å². The van der Waals surface area contributed by atoms with Gasteiger partial charge in [0.05, 0.1) is 18.1 Å². The van der Waals surface area contributed by atoms with Crippen molar-refractivity contribution in [3.05, 3.63) is 83.9 Å². The maximum absolute atomic E-state index is 12.5. The summed E-state index contributed by atoms with van der Waals surface area (Å²) in [5.74, 6) is -0.118.